The Kier molecular flexibility index (Phi) is 9.53. The predicted molar refractivity (Wildman–Crippen MR) is 176 cm³/mol. The summed E-state index contributed by atoms with van der Waals surface area (Å²) >= 11 is 0. The molecule has 0 aliphatic heterocycles. The fraction of sp³-hybridized carbons (Fsp3) is 0.188. The lowest BCUT2D eigenvalue weighted by molar-refractivity contribution is 0.318. The second-order valence-electron chi connectivity index (χ2n) is 10.3. The molecule has 0 saturated carbocycles. The minimum atomic E-state index is -4.84. The van der Waals surface area contributed by atoms with Gasteiger partial charge in [-0.2, -0.15) is 21.9 Å². The third-order valence-electron chi connectivity index (χ3n) is 7.16. The van der Waals surface area contributed by atoms with Crippen molar-refractivity contribution in [3.63, 3.8) is 0 Å². The van der Waals surface area contributed by atoms with Gasteiger partial charge in [-0.1, -0.05) is 50.2 Å². The maximum absolute atomic E-state index is 12.2. The van der Waals surface area contributed by atoms with Crippen LogP contribution in [0.3, 0.4) is 0 Å². The van der Waals surface area contributed by atoms with Gasteiger partial charge in [-0.25, -0.2) is 0 Å². The van der Waals surface area contributed by atoms with Crippen molar-refractivity contribution in [2.24, 2.45) is 20.5 Å². The molecule has 5 rings (SSSR count). The molecule has 15 heteroatoms. The smallest absolute Gasteiger partial charge is 0.295 e. The first-order valence-corrected chi connectivity index (χ1v) is 17.2. The zero-order valence-electron chi connectivity index (χ0n) is 25.4. The molecule has 0 amide bonds. The highest BCUT2D eigenvalue weighted by molar-refractivity contribution is 7.86. The molecule has 0 saturated heterocycles. The summed E-state index contributed by atoms with van der Waals surface area (Å²) in [6.07, 6.45) is 1.50. The minimum absolute atomic E-state index is 0.0300. The summed E-state index contributed by atoms with van der Waals surface area (Å²) in [6, 6.07) is 18.1. The third-order valence-corrected chi connectivity index (χ3v) is 8.97. The zero-order chi connectivity index (χ0) is 33.9. The van der Waals surface area contributed by atoms with Crippen LogP contribution < -0.4 is 9.47 Å². The van der Waals surface area contributed by atoms with E-state index < -0.39 is 30.0 Å². The van der Waals surface area contributed by atoms with Crippen molar-refractivity contribution >= 4 is 64.5 Å². The van der Waals surface area contributed by atoms with E-state index in [0.29, 0.717) is 11.8 Å². The molecule has 0 radical (unpaired) electrons. The minimum Gasteiger partial charge on any atom is -0.505 e. The van der Waals surface area contributed by atoms with E-state index in [1.165, 1.54) is 37.4 Å². The Balaban J connectivity index is 1.58. The highest BCUT2D eigenvalue weighted by Crippen LogP contribution is 2.43. The van der Waals surface area contributed by atoms with Gasteiger partial charge in [0.15, 0.2) is 5.75 Å². The molecule has 0 aliphatic rings. The standard InChI is InChI=1S/C32H30N4O9S2/c1-4-13-45-29-18-26(36-34-25-12-10-20-14-19(5-2)9-11-22(20)32(25)37)28(44-3)17-27(29)35-33-21-15-24-23(31(16-21)47(41,42)43)7-6-8-30(24)46(38,39)40/h6-12,14-18,37H,4-5,13H2,1-3H3,(H,38,39,40)(H,41,42,43). The number of fused-ring (bicyclic) bond motifs is 2. The summed E-state index contributed by atoms with van der Waals surface area (Å²) in [6.45, 7) is 4.24. The first kappa shape index (κ1) is 33.4. The van der Waals surface area contributed by atoms with Crippen LogP contribution in [0.4, 0.5) is 22.7 Å². The maximum atomic E-state index is 12.2. The van der Waals surface area contributed by atoms with Gasteiger partial charge in [-0.15, -0.1) is 15.3 Å². The number of hydrogen-bond acceptors (Lipinski definition) is 11. The highest BCUT2D eigenvalue weighted by Gasteiger charge is 2.21. The van der Waals surface area contributed by atoms with Crippen LogP contribution in [0.15, 0.2) is 103 Å². The lowest BCUT2D eigenvalue weighted by Gasteiger charge is -2.12. The Morgan fingerprint density at radius 3 is 2.04 bits per heavy atom. The molecule has 0 bridgehead atoms. The Bertz CT molecular complexity index is 2290. The van der Waals surface area contributed by atoms with Crippen LogP contribution in [-0.4, -0.2) is 44.8 Å². The monoisotopic (exact) mass is 678 g/mol. The number of aromatic hydroxyl groups is 1. The largest absolute Gasteiger partial charge is 0.505 e. The molecular formula is C32H30N4O9S2. The number of phenols is 1. The Morgan fingerprint density at radius 1 is 0.681 bits per heavy atom. The number of ether oxygens (including phenoxy) is 2. The van der Waals surface area contributed by atoms with Gasteiger partial charge in [0.25, 0.3) is 20.2 Å². The van der Waals surface area contributed by atoms with Crippen molar-refractivity contribution in [2.45, 2.75) is 36.5 Å². The quantitative estimate of drug-likeness (QED) is 0.0907. The number of nitrogens with zero attached hydrogens (tertiary/aromatic N) is 4. The van der Waals surface area contributed by atoms with Crippen molar-refractivity contribution in [1.82, 2.24) is 0 Å². The van der Waals surface area contributed by atoms with Gasteiger partial charge in [0.1, 0.15) is 38.4 Å². The van der Waals surface area contributed by atoms with E-state index in [4.69, 9.17) is 9.47 Å². The second kappa shape index (κ2) is 13.4. The first-order valence-electron chi connectivity index (χ1n) is 14.3. The van der Waals surface area contributed by atoms with Gasteiger partial charge in [0.05, 0.1) is 19.4 Å². The molecule has 0 heterocycles. The van der Waals surface area contributed by atoms with Crippen LogP contribution in [0.1, 0.15) is 25.8 Å². The molecule has 244 valence electrons. The molecule has 0 unspecified atom stereocenters. The van der Waals surface area contributed by atoms with Crippen molar-refractivity contribution in [3.05, 3.63) is 78.4 Å². The van der Waals surface area contributed by atoms with E-state index in [2.05, 4.69) is 20.5 Å². The van der Waals surface area contributed by atoms with Gasteiger partial charge >= 0.3 is 0 Å². The summed E-state index contributed by atoms with van der Waals surface area (Å²) in [5, 5.41) is 28.9. The summed E-state index contributed by atoms with van der Waals surface area (Å²) in [7, 11) is -8.21. The van der Waals surface area contributed by atoms with Crippen LogP contribution >= 0.6 is 0 Å². The van der Waals surface area contributed by atoms with Crippen LogP contribution in [-0.2, 0) is 26.7 Å². The van der Waals surface area contributed by atoms with Crippen LogP contribution in [0.2, 0.25) is 0 Å². The van der Waals surface area contributed by atoms with E-state index in [1.54, 1.807) is 6.07 Å². The van der Waals surface area contributed by atoms with Gasteiger partial charge < -0.3 is 14.6 Å². The molecule has 5 aromatic rings. The number of rotatable bonds is 11. The fourth-order valence-corrected chi connectivity index (χ4v) is 6.29. The van der Waals surface area contributed by atoms with Crippen LogP contribution in [0, 0.1) is 0 Å². The molecule has 0 fully saturated rings. The molecule has 0 spiro atoms. The van der Waals surface area contributed by atoms with Gasteiger partial charge in [-0.05, 0) is 48.1 Å². The van der Waals surface area contributed by atoms with Gasteiger partial charge in [-0.3, -0.25) is 9.11 Å². The van der Waals surface area contributed by atoms with E-state index in [-0.39, 0.29) is 57.4 Å². The normalized spacial score (nSPS) is 12.4. The topological polar surface area (TPSA) is 197 Å². The van der Waals surface area contributed by atoms with Crippen molar-refractivity contribution in [1.29, 1.82) is 0 Å². The number of phenolic OH excluding ortho intramolecular Hbond substituents is 1. The molecule has 0 aliphatic carbocycles. The summed E-state index contributed by atoms with van der Waals surface area (Å²) in [5.41, 5.74) is 1.61. The summed E-state index contributed by atoms with van der Waals surface area (Å²) in [4.78, 5) is -1.21. The highest BCUT2D eigenvalue weighted by atomic mass is 32.2. The Labute approximate surface area is 270 Å². The molecule has 5 aromatic carbocycles. The summed E-state index contributed by atoms with van der Waals surface area (Å²) in [5.74, 6) is 0.400. The van der Waals surface area contributed by atoms with Crippen molar-refractivity contribution in [3.8, 4) is 17.2 Å². The lowest BCUT2D eigenvalue weighted by atomic mass is 10.0. The average Bonchev–Trinajstić information content (AvgIpc) is 3.04. The van der Waals surface area contributed by atoms with E-state index in [0.717, 1.165) is 29.5 Å². The average molecular weight is 679 g/mol. The zero-order valence-corrected chi connectivity index (χ0v) is 27.1. The lowest BCUT2D eigenvalue weighted by Crippen LogP contribution is -2.03. The molecule has 0 atom stereocenters. The van der Waals surface area contributed by atoms with Crippen LogP contribution in [0.5, 0.6) is 17.2 Å². The molecule has 13 nitrogen and oxygen atoms in total. The second-order valence-corrected chi connectivity index (χ2v) is 13.1. The Hall–Kier alpha value is -4.96. The first-order chi connectivity index (χ1) is 22.3. The van der Waals surface area contributed by atoms with E-state index in [1.807, 2.05) is 38.1 Å². The number of methoxy groups -OCH3 is 1. The fourth-order valence-electron chi connectivity index (χ4n) is 4.86. The molecule has 47 heavy (non-hydrogen) atoms. The number of azo groups is 2. The number of aryl methyl sites for hydroxylation is 1. The number of benzene rings is 5. The Morgan fingerprint density at radius 2 is 1.36 bits per heavy atom. The third kappa shape index (κ3) is 7.23. The SMILES string of the molecule is CCCOc1cc(N=Nc2ccc3cc(CC)ccc3c2O)c(OC)cc1N=Nc1cc(S(=O)(=O)O)c2cccc(S(=O)(=O)O)c2c1. The van der Waals surface area contributed by atoms with Crippen molar-refractivity contribution < 1.29 is 40.5 Å². The van der Waals surface area contributed by atoms with E-state index in [9.17, 15) is 31.0 Å². The van der Waals surface area contributed by atoms with Crippen molar-refractivity contribution in [2.75, 3.05) is 13.7 Å². The van der Waals surface area contributed by atoms with E-state index >= 15 is 0 Å². The summed E-state index contributed by atoms with van der Waals surface area (Å²) < 4.78 is 79.4. The van der Waals surface area contributed by atoms with Gasteiger partial charge in [0, 0.05) is 28.3 Å². The maximum Gasteiger partial charge on any atom is 0.295 e. The van der Waals surface area contributed by atoms with Gasteiger partial charge in [0.2, 0.25) is 0 Å². The predicted octanol–water partition coefficient (Wildman–Crippen LogP) is 8.38. The molecule has 0 aromatic heterocycles. The number of hydrogen-bond donors (Lipinski definition) is 3. The van der Waals surface area contributed by atoms with Crippen LogP contribution in [0.25, 0.3) is 21.5 Å². The molecular weight excluding hydrogens is 649 g/mol. The molecule has 3 N–H and O–H groups in total.